The third-order valence-corrected chi connectivity index (χ3v) is 6.19. The molecule has 142 valence electrons. The highest BCUT2D eigenvalue weighted by Crippen LogP contribution is 2.51. The second kappa shape index (κ2) is 5.71. The van der Waals surface area contributed by atoms with Crippen LogP contribution < -0.4 is 4.90 Å². The van der Waals surface area contributed by atoms with Crippen molar-refractivity contribution in [2.75, 3.05) is 18.5 Å². The summed E-state index contributed by atoms with van der Waals surface area (Å²) in [7, 11) is 1.80. The van der Waals surface area contributed by atoms with Gasteiger partial charge in [0.05, 0.1) is 5.69 Å². The number of likely N-dealkylation sites (N-methyl/N-ethyl adjacent to an activating group) is 1. The Hall–Kier alpha value is -3.08. The summed E-state index contributed by atoms with van der Waals surface area (Å²) < 4.78 is 0. The van der Waals surface area contributed by atoms with Gasteiger partial charge in [0.2, 0.25) is 5.91 Å². The Labute approximate surface area is 163 Å². The Balaban J connectivity index is 1.89. The van der Waals surface area contributed by atoms with Crippen molar-refractivity contribution in [3.63, 3.8) is 0 Å². The van der Waals surface area contributed by atoms with Crippen LogP contribution in [0, 0.1) is 5.92 Å². The van der Waals surface area contributed by atoms with E-state index in [4.69, 9.17) is 0 Å². The molecular weight excluding hydrogens is 350 g/mol. The van der Waals surface area contributed by atoms with E-state index in [1.165, 1.54) is 0 Å². The predicted molar refractivity (Wildman–Crippen MR) is 109 cm³/mol. The van der Waals surface area contributed by atoms with Crippen LogP contribution in [0.3, 0.4) is 0 Å². The fourth-order valence-electron chi connectivity index (χ4n) is 4.92. The molecule has 2 aromatic carbocycles. The fraction of sp³-hybridized carbons (Fsp3) is 0.304. The third-order valence-electron chi connectivity index (χ3n) is 6.19. The zero-order valence-electron chi connectivity index (χ0n) is 16.3. The van der Waals surface area contributed by atoms with E-state index in [9.17, 15) is 9.59 Å². The molecule has 2 aliphatic heterocycles. The molecule has 28 heavy (non-hydrogen) atoms. The molecule has 2 amide bonds. The number of aromatic nitrogens is 1. The molecule has 1 atom stereocenters. The number of aromatic amines is 1. The van der Waals surface area contributed by atoms with Gasteiger partial charge in [-0.1, -0.05) is 50.2 Å². The normalized spacial score (nSPS) is 20.9. The molecular formula is C23H23N3O2. The van der Waals surface area contributed by atoms with Crippen LogP contribution in [0.4, 0.5) is 5.69 Å². The summed E-state index contributed by atoms with van der Waals surface area (Å²) in [6.07, 6.45) is 0.735. The van der Waals surface area contributed by atoms with Crippen LogP contribution in [-0.4, -0.2) is 35.3 Å². The number of amides is 2. The minimum absolute atomic E-state index is 0.00255. The van der Waals surface area contributed by atoms with Crippen molar-refractivity contribution in [3.05, 3.63) is 65.4 Å². The molecule has 0 saturated heterocycles. The highest BCUT2D eigenvalue weighted by Gasteiger charge is 2.60. The molecule has 5 rings (SSSR count). The van der Waals surface area contributed by atoms with Gasteiger partial charge in [-0.2, -0.15) is 0 Å². The van der Waals surface area contributed by atoms with E-state index in [1.54, 1.807) is 16.8 Å². The summed E-state index contributed by atoms with van der Waals surface area (Å²) in [6, 6.07) is 16.0. The van der Waals surface area contributed by atoms with Crippen molar-refractivity contribution in [2.45, 2.75) is 25.8 Å². The molecule has 0 bridgehead atoms. The zero-order valence-corrected chi connectivity index (χ0v) is 16.3. The van der Waals surface area contributed by atoms with Gasteiger partial charge in [0.1, 0.15) is 0 Å². The number of nitrogens with zero attached hydrogens (tertiary/aromatic N) is 2. The fourth-order valence-corrected chi connectivity index (χ4v) is 4.92. The van der Waals surface area contributed by atoms with Crippen molar-refractivity contribution in [2.24, 2.45) is 5.92 Å². The number of para-hydroxylation sites is 2. The monoisotopic (exact) mass is 373 g/mol. The molecule has 3 aromatic rings. The average Bonchev–Trinajstić information content (AvgIpc) is 3.19. The van der Waals surface area contributed by atoms with Crippen molar-refractivity contribution in [3.8, 4) is 0 Å². The molecule has 3 heterocycles. The number of H-pyrrole nitrogens is 1. The molecule has 0 saturated carbocycles. The van der Waals surface area contributed by atoms with E-state index in [0.29, 0.717) is 6.54 Å². The third kappa shape index (κ3) is 1.91. The summed E-state index contributed by atoms with van der Waals surface area (Å²) >= 11 is 0. The summed E-state index contributed by atoms with van der Waals surface area (Å²) in [5.41, 5.74) is 3.60. The number of nitrogens with one attached hydrogen (secondary N) is 1. The van der Waals surface area contributed by atoms with Gasteiger partial charge in [0.15, 0.2) is 5.54 Å². The van der Waals surface area contributed by atoms with Gasteiger partial charge in [-0.05, 0) is 24.1 Å². The van der Waals surface area contributed by atoms with E-state index in [2.05, 4.69) is 11.1 Å². The smallest absolute Gasteiger partial charge is 0.263 e. The summed E-state index contributed by atoms with van der Waals surface area (Å²) in [5.74, 6) is -0.258. The van der Waals surface area contributed by atoms with E-state index < -0.39 is 5.54 Å². The van der Waals surface area contributed by atoms with Gasteiger partial charge in [-0.15, -0.1) is 0 Å². The molecule has 0 fully saturated rings. The van der Waals surface area contributed by atoms with E-state index >= 15 is 0 Å². The molecule has 0 radical (unpaired) electrons. The maximum Gasteiger partial charge on any atom is 0.263 e. The largest absolute Gasteiger partial charge is 0.355 e. The molecule has 0 aliphatic carbocycles. The van der Waals surface area contributed by atoms with Crippen molar-refractivity contribution >= 4 is 28.4 Å². The Morgan fingerprint density at radius 3 is 2.61 bits per heavy atom. The minimum atomic E-state index is -1.13. The number of carbonyl (C=O) groups is 2. The minimum Gasteiger partial charge on any atom is -0.355 e. The highest BCUT2D eigenvalue weighted by molar-refractivity contribution is 6.12. The first kappa shape index (κ1) is 17.0. The van der Waals surface area contributed by atoms with Gasteiger partial charge < -0.3 is 14.8 Å². The second-order valence-electron chi connectivity index (χ2n) is 8.01. The van der Waals surface area contributed by atoms with Gasteiger partial charge >= 0.3 is 0 Å². The predicted octanol–water partition coefficient (Wildman–Crippen LogP) is 3.43. The number of fused-ring (bicyclic) bond motifs is 6. The van der Waals surface area contributed by atoms with Crippen LogP contribution in [0.5, 0.6) is 0 Å². The first-order valence-corrected chi connectivity index (χ1v) is 9.77. The van der Waals surface area contributed by atoms with Crippen molar-refractivity contribution in [1.29, 1.82) is 0 Å². The Morgan fingerprint density at radius 1 is 1.11 bits per heavy atom. The maximum atomic E-state index is 13.8. The van der Waals surface area contributed by atoms with Crippen molar-refractivity contribution in [1.82, 2.24) is 9.88 Å². The number of anilines is 1. The van der Waals surface area contributed by atoms with Crippen LogP contribution in [0.25, 0.3) is 10.9 Å². The number of rotatable bonds is 1. The Morgan fingerprint density at radius 2 is 1.82 bits per heavy atom. The van der Waals surface area contributed by atoms with Crippen LogP contribution in [-0.2, 0) is 21.5 Å². The lowest BCUT2D eigenvalue weighted by atomic mass is 9.79. The van der Waals surface area contributed by atoms with E-state index in [0.717, 1.165) is 39.8 Å². The molecule has 1 N–H and O–H groups in total. The van der Waals surface area contributed by atoms with Crippen LogP contribution in [0.2, 0.25) is 0 Å². The van der Waals surface area contributed by atoms with Crippen LogP contribution >= 0.6 is 0 Å². The standard InChI is InChI=1S/C23H23N3O2/c1-14(2)21(27)26-13-12-16-15-8-4-6-10-18(15)24-20(16)23(26)17-9-5-7-11-19(17)25(3)22(23)28/h4-11,14,24H,12-13H2,1-3H3/t23-/m1/s1. The van der Waals surface area contributed by atoms with Gasteiger partial charge in [0, 0.05) is 41.7 Å². The lowest BCUT2D eigenvalue weighted by molar-refractivity contribution is -0.147. The molecule has 0 unspecified atom stereocenters. The van der Waals surface area contributed by atoms with Gasteiger partial charge in [0.25, 0.3) is 5.91 Å². The van der Waals surface area contributed by atoms with Crippen molar-refractivity contribution < 1.29 is 9.59 Å². The first-order chi connectivity index (χ1) is 13.5. The number of hydrogen-bond donors (Lipinski definition) is 1. The maximum absolute atomic E-state index is 13.8. The van der Waals surface area contributed by atoms with E-state index in [-0.39, 0.29) is 17.7 Å². The van der Waals surface area contributed by atoms with Crippen LogP contribution in [0.1, 0.15) is 30.7 Å². The molecule has 2 aliphatic rings. The Kier molecular flexibility index (Phi) is 3.48. The summed E-state index contributed by atoms with van der Waals surface area (Å²) in [6.45, 7) is 4.32. The molecule has 5 heteroatoms. The molecule has 1 aromatic heterocycles. The van der Waals surface area contributed by atoms with E-state index in [1.807, 2.05) is 56.3 Å². The lowest BCUT2D eigenvalue weighted by Crippen LogP contribution is -2.59. The molecule has 5 nitrogen and oxygen atoms in total. The highest BCUT2D eigenvalue weighted by atomic mass is 16.2. The summed E-state index contributed by atoms with van der Waals surface area (Å²) in [4.78, 5) is 34.1. The second-order valence-corrected chi connectivity index (χ2v) is 8.01. The number of benzene rings is 2. The SMILES string of the molecule is CC(C)C(=O)N1CCc2c([nH]c3ccccc23)[C@]12C(=O)N(C)c1ccccc12. The first-order valence-electron chi connectivity index (χ1n) is 9.77. The quantitative estimate of drug-likeness (QED) is 0.710. The average molecular weight is 373 g/mol. The number of hydrogen-bond acceptors (Lipinski definition) is 2. The van der Waals surface area contributed by atoms with Crippen LogP contribution in [0.15, 0.2) is 48.5 Å². The summed E-state index contributed by atoms with van der Waals surface area (Å²) in [5, 5.41) is 1.13. The zero-order chi connectivity index (χ0) is 19.6. The molecule has 1 spiro atoms. The number of carbonyl (C=O) groups excluding carboxylic acids is 2. The van der Waals surface area contributed by atoms with Gasteiger partial charge in [-0.25, -0.2) is 0 Å². The topological polar surface area (TPSA) is 56.4 Å². The Bertz CT molecular complexity index is 1130. The lowest BCUT2D eigenvalue weighted by Gasteiger charge is -2.44. The van der Waals surface area contributed by atoms with Gasteiger partial charge in [-0.3, -0.25) is 9.59 Å².